The smallest absolute Gasteiger partial charge is 0.317 e. The van der Waals surface area contributed by atoms with E-state index in [-0.39, 0.29) is 41.1 Å². The summed E-state index contributed by atoms with van der Waals surface area (Å²) in [4.78, 5) is 31.6. The third-order valence-corrected chi connectivity index (χ3v) is 6.97. The number of pyridine rings is 1. The van der Waals surface area contributed by atoms with Gasteiger partial charge in [-0.05, 0) is 72.0 Å². The van der Waals surface area contributed by atoms with Gasteiger partial charge in [0, 0.05) is 24.1 Å². The van der Waals surface area contributed by atoms with Gasteiger partial charge in [-0.15, -0.1) is 10.2 Å². The molecule has 1 saturated carbocycles. The summed E-state index contributed by atoms with van der Waals surface area (Å²) in [7, 11) is 1.76. The summed E-state index contributed by atoms with van der Waals surface area (Å²) in [5.41, 5.74) is 0.907. The predicted octanol–water partition coefficient (Wildman–Crippen LogP) is 4.94. The van der Waals surface area contributed by atoms with Crippen LogP contribution in [0.25, 0.3) is 22.5 Å². The molecule has 6 rings (SSSR count). The molecule has 0 atom stereocenters. The minimum Gasteiger partial charge on any atom is -0.317 e. The highest BCUT2D eigenvalue weighted by molar-refractivity contribution is 6.10. The Hall–Kier alpha value is -5.05. The number of carbonyl (C=O) groups excluding carboxylic acids is 2. The molecule has 1 fully saturated rings. The minimum absolute atomic E-state index is 0.0585. The molecule has 0 spiro atoms. The number of fused-ring (bicyclic) bond motifs is 1. The minimum atomic E-state index is -4.64. The van der Waals surface area contributed by atoms with Crippen molar-refractivity contribution < 1.29 is 22.8 Å². The number of nitriles is 1. The van der Waals surface area contributed by atoms with Gasteiger partial charge in [-0.1, -0.05) is 6.07 Å². The third kappa shape index (κ3) is 4.45. The Morgan fingerprint density at radius 2 is 1.90 bits per heavy atom. The number of carbonyl (C=O) groups is 2. The number of hydrogen-bond acceptors (Lipinski definition) is 6. The van der Waals surface area contributed by atoms with Crippen LogP contribution in [0.15, 0.2) is 54.9 Å². The van der Waals surface area contributed by atoms with E-state index in [0.29, 0.717) is 28.1 Å². The van der Waals surface area contributed by atoms with E-state index in [0.717, 1.165) is 23.8 Å². The number of amides is 2. The van der Waals surface area contributed by atoms with E-state index in [1.54, 1.807) is 41.9 Å². The number of hydrogen-bond donors (Lipinski definition) is 1. The maximum atomic E-state index is 13.7. The Morgan fingerprint density at radius 3 is 2.58 bits per heavy atom. The number of anilines is 2. The summed E-state index contributed by atoms with van der Waals surface area (Å²) >= 11 is 0. The summed E-state index contributed by atoms with van der Waals surface area (Å²) in [5, 5.41) is 20.5. The van der Waals surface area contributed by atoms with E-state index in [4.69, 9.17) is 0 Å². The molecule has 2 aromatic heterocycles. The zero-order valence-electron chi connectivity index (χ0n) is 21.0. The summed E-state index contributed by atoms with van der Waals surface area (Å²) in [6.45, 7) is -0.343. The van der Waals surface area contributed by atoms with Crippen molar-refractivity contribution in [3.63, 3.8) is 0 Å². The van der Waals surface area contributed by atoms with Crippen molar-refractivity contribution in [1.82, 2.24) is 19.7 Å². The van der Waals surface area contributed by atoms with Crippen LogP contribution in [0.1, 0.15) is 39.9 Å². The molecule has 1 N–H and O–H groups in total. The first-order valence-corrected chi connectivity index (χ1v) is 12.4. The lowest BCUT2D eigenvalue weighted by Crippen LogP contribution is -2.25. The molecule has 0 bridgehead atoms. The summed E-state index contributed by atoms with van der Waals surface area (Å²) in [6, 6.07) is 13.8. The van der Waals surface area contributed by atoms with Crippen LogP contribution in [0.3, 0.4) is 0 Å². The first kappa shape index (κ1) is 25.2. The molecule has 0 unspecified atom stereocenters. The van der Waals surface area contributed by atoms with E-state index < -0.39 is 17.6 Å². The van der Waals surface area contributed by atoms with Gasteiger partial charge in [0.1, 0.15) is 18.0 Å². The number of rotatable bonds is 5. The first-order chi connectivity index (χ1) is 19.1. The summed E-state index contributed by atoms with van der Waals surface area (Å²) in [5.74, 6) is -0.313. The summed E-state index contributed by atoms with van der Waals surface area (Å²) < 4.78 is 42.9. The molecule has 0 saturated heterocycles. The number of nitrogens with zero attached hydrogens (tertiary/aromatic N) is 6. The monoisotopic (exact) mass is 543 g/mol. The predicted molar refractivity (Wildman–Crippen MR) is 138 cm³/mol. The van der Waals surface area contributed by atoms with Gasteiger partial charge >= 0.3 is 6.18 Å². The van der Waals surface area contributed by atoms with Crippen LogP contribution in [0.4, 0.5) is 24.8 Å². The lowest BCUT2D eigenvalue weighted by atomic mass is 9.97. The number of aromatic nitrogens is 4. The third-order valence-electron chi connectivity index (χ3n) is 6.97. The highest BCUT2D eigenvalue weighted by atomic mass is 19.4. The number of benzene rings is 2. The normalized spacial score (nSPS) is 14.7. The highest BCUT2D eigenvalue weighted by Gasteiger charge is 2.40. The Kier molecular flexibility index (Phi) is 5.87. The SMILES string of the molecule is Cn1cnnc1-c1ccc(C#N)cc1-c1cc(NC(=O)C2CC2)nc(N2Cc3c(cccc3C(F)(F)F)C2=O)c1. The van der Waals surface area contributed by atoms with E-state index in [1.807, 2.05) is 0 Å². The number of nitrogens with one attached hydrogen (secondary N) is 1. The molecule has 2 aromatic carbocycles. The molecule has 12 heteroatoms. The Labute approximate surface area is 225 Å². The Morgan fingerprint density at radius 1 is 1.10 bits per heavy atom. The van der Waals surface area contributed by atoms with Crippen LogP contribution in [-0.2, 0) is 24.6 Å². The van der Waals surface area contributed by atoms with E-state index in [1.165, 1.54) is 18.5 Å². The molecule has 3 heterocycles. The summed E-state index contributed by atoms with van der Waals surface area (Å²) in [6.07, 6.45) is -1.62. The number of halogens is 3. The van der Waals surface area contributed by atoms with Crippen molar-refractivity contribution in [3.8, 4) is 28.6 Å². The van der Waals surface area contributed by atoms with Gasteiger partial charge in [-0.3, -0.25) is 14.5 Å². The molecule has 200 valence electrons. The Balaban J connectivity index is 1.50. The van der Waals surface area contributed by atoms with Gasteiger partial charge in [-0.25, -0.2) is 4.98 Å². The zero-order chi connectivity index (χ0) is 28.2. The molecular formula is C28H20F3N7O2. The molecule has 2 aliphatic rings. The molecule has 1 aliphatic carbocycles. The van der Waals surface area contributed by atoms with Crippen molar-refractivity contribution in [1.29, 1.82) is 5.26 Å². The van der Waals surface area contributed by atoms with Gasteiger partial charge in [0.05, 0.1) is 23.7 Å². The van der Waals surface area contributed by atoms with Crippen LogP contribution >= 0.6 is 0 Å². The molecule has 4 aromatic rings. The Bertz CT molecular complexity index is 1730. The van der Waals surface area contributed by atoms with Gasteiger partial charge in [-0.2, -0.15) is 18.4 Å². The van der Waals surface area contributed by atoms with Crippen molar-refractivity contribution in [3.05, 3.63) is 77.1 Å². The van der Waals surface area contributed by atoms with Crippen LogP contribution in [0.5, 0.6) is 0 Å². The maximum absolute atomic E-state index is 13.7. The van der Waals surface area contributed by atoms with E-state index >= 15 is 0 Å². The number of aryl methyl sites for hydroxylation is 1. The van der Waals surface area contributed by atoms with Gasteiger partial charge in [0.2, 0.25) is 5.91 Å². The van der Waals surface area contributed by atoms with Crippen molar-refractivity contribution in [2.24, 2.45) is 13.0 Å². The molecule has 9 nitrogen and oxygen atoms in total. The van der Waals surface area contributed by atoms with Crippen LogP contribution < -0.4 is 10.2 Å². The van der Waals surface area contributed by atoms with Crippen molar-refractivity contribution in [2.75, 3.05) is 10.2 Å². The van der Waals surface area contributed by atoms with Crippen LogP contribution in [-0.4, -0.2) is 31.6 Å². The fourth-order valence-corrected chi connectivity index (χ4v) is 4.81. The second-order valence-corrected chi connectivity index (χ2v) is 9.72. The molecule has 1 aliphatic heterocycles. The lowest BCUT2D eigenvalue weighted by Gasteiger charge is -2.19. The first-order valence-electron chi connectivity index (χ1n) is 12.4. The second kappa shape index (κ2) is 9.30. The highest BCUT2D eigenvalue weighted by Crippen LogP contribution is 2.40. The molecular weight excluding hydrogens is 523 g/mol. The average Bonchev–Trinajstić information content (AvgIpc) is 3.62. The van der Waals surface area contributed by atoms with Gasteiger partial charge in [0.15, 0.2) is 5.82 Å². The molecule has 2 amide bonds. The van der Waals surface area contributed by atoms with Crippen LogP contribution in [0, 0.1) is 17.2 Å². The van der Waals surface area contributed by atoms with E-state index in [2.05, 4.69) is 26.6 Å². The van der Waals surface area contributed by atoms with Gasteiger partial charge in [0.25, 0.3) is 5.91 Å². The zero-order valence-corrected chi connectivity index (χ0v) is 21.0. The lowest BCUT2D eigenvalue weighted by molar-refractivity contribution is -0.138. The fourth-order valence-electron chi connectivity index (χ4n) is 4.81. The van der Waals surface area contributed by atoms with Gasteiger partial charge < -0.3 is 9.88 Å². The second-order valence-electron chi connectivity index (χ2n) is 9.72. The largest absolute Gasteiger partial charge is 0.416 e. The number of alkyl halides is 3. The maximum Gasteiger partial charge on any atom is 0.416 e. The molecule has 40 heavy (non-hydrogen) atoms. The average molecular weight is 544 g/mol. The molecule has 0 radical (unpaired) electrons. The van der Waals surface area contributed by atoms with Crippen LogP contribution in [0.2, 0.25) is 0 Å². The standard InChI is InChI=1S/C28H20F3N7O2/c1-37-14-33-36-25(37)18-8-5-15(12-32)9-20(18)17-10-23(35-26(39)16-6-7-16)34-24(11-17)38-13-21-19(27(38)40)3-2-4-22(21)28(29,30)31/h2-5,8-11,14,16H,6-7,13H2,1H3,(H,34,35,39). The topological polar surface area (TPSA) is 117 Å². The fraction of sp³-hybridized carbons (Fsp3) is 0.214. The quantitative estimate of drug-likeness (QED) is 0.381. The van der Waals surface area contributed by atoms with E-state index in [9.17, 15) is 28.0 Å². The van der Waals surface area contributed by atoms with Crippen molar-refractivity contribution >= 4 is 23.5 Å². The van der Waals surface area contributed by atoms with Crippen molar-refractivity contribution in [2.45, 2.75) is 25.6 Å².